The topological polar surface area (TPSA) is 36.4 Å². The van der Waals surface area contributed by atoms with Crippen LogP contribution in [-0.2, 0) is 0 Å². The zero-order valence-electron chi connectivity index (χ0n) is 46.5. The van der Waals surface area contributed by atoms with Gasteiger partial charge in [0.25, 0.3) is 0 Å². The van der Waals surface area contributed by atoms with Gasteiger partial charge >= 0.3 is 0 Å². The summed E-state index contributed by atoms with van der Waals surface area (Å²) in [6.45, 7) is 0. The van der Waals surface area contributed by atoms with Crippen molar-refractivity contribution in [2.45, 2.75) is 0 Å². The van der Waals surface area contributed by atoms with Gasteiger partial charge in [0.1, 0.15) is 23.0 Å². The van der Waals surface area contributed by atoms with Crippen molar-refractivity contribution in [2.75, 3.05) is 19.6 Å². The maximum absolute atomic E-state index is 7.41. The van der Waals surface area contributed by atoms with E-state index in [4.69, 9.17) is 9.47 Å². The van der Waals surface area contributed by atoms with Crippen molar-refractivity contribution in [2.24, 2.45) is 0 Å². The minimum Gasteiger partial charge on any atom is -0.457 e. The second kappa shape index (κ2) is 23.5. The van der Waals surface area contributed by atoms with Gasteiger partial charge < -0.3 is 33.6 Å². The lowest BCUT2D eigenvalue weighted by Crippen LogP contribution is -2.15. The molecule has 0 atom stereocenters. The molecule has 1 aromatic heterocycles. The Labute approximate surface area is 495 Å². The van der Waals surface area contributed by atoms with Crippen molar-refractivity contribution in [3.8, 4) is 28.7 Å². The Morgan fingerprint density at radius 2 is 0.518 bits per heavy atom. The second-order valence-electron chi connectivity index (χ2n) is 20.6. The number of anilines is 12. The zero-order valence-corrected chi connectivity index (χ0v) is 46.5. The fraction of sp³-hybridized carbons (Fsp3) is 0. The number of nitrogens with zero attached hydrogens (tertiary/aromatic N) is 5. The van der Waals surface area contributed by atoms with E-state index in [1.54, 1.807) is 0 Å². The third-order valence-corrected chi connectivity index (χ3v) is 15.1. The van der Waals surface area contributed by atoms with Crippen LogP contribution < -0.4 is 29.1 Å². The van der Waals surface area contributed by atoms with E-state index in [0.29, 0.717) is 11.5 Å². The molecule has 14 aromatic rings. The standard InChI is InChI=1S/C78H57N5O2/c1-9-29-58(30-10-1)79(59-31-11-2-12-32-59)67-52-69(55-72(54-67)84-71-45-23-8-24-46-71)81(62-37-17-5-18-38-62)65-43-27-44-66(51-65)82(63-39-19-6-20-40-63)70-53-68(80(60-33-13-3-14-34-60)61-35-15-4-16-36-61)56-73(57-70)85-77-50-28-49-76-78(77)74-47-25-26-48-75(74)83(76)64-41-21-7-22-42-64/h1-57H. The van der Waals surface area contributed by atoms with Crippen molar-refractivity contribution in [3.05, 3.63) is 346 Å². The Bertz CT molecular complexity index is 4450. The van der Waals surface area contributed by atoms with Gasteiger partial charge in [-0.05, 0) is 146 Å². The predicted octanol–water partition coefficient (Wildman–Crippen LogP) is 22.2. The Morgan fingerprint density at radius 1 is 0.212 bits per heavy atom. The summed E-state index contributed by atoms with van der Waals surface area (Å²) in [6, 6.07) is 121. The van der Waals surface area contributed by atoms with Gasteiger partial charge in [-0.25, -0.2) is 0 Å². The van der Waals surface area contributed by atoms with Crippen molar-refractivity contribution >= 4 is 90.1 Å². The summed E-state index contributed by atoms with van der Waals surface area (Å²) in [7, 11) is 0. The van der Waals surface area contributed by atoms with Crippen molar-refractivity contribution in [1.82, 2.24) is 4.57 Å². The van der Waals surface area contributed by atoms with Gasteiger partial charge in [-0.3, -0.25) is 0 Å². The van der Waals surface area contributed by atoms with Crippen LogP contribution >= 0.6 is 0 Å². The van der Waals surface area contributed by atoms with E-state index in [1.807, 2.05) is 30.3 Å². The first-order valence-electron chi connectivity index (χ1n) is 28.6. The van der Waals surface area contributed by atoms with E-state index in [-0.39, 0.29) is 0 Å². The third-order valence-electron chi connectivity index (χ3n) is 15.1. The van der Waals surface area contributed by atoms with E-state index in [2.05, 4.69) is 340 Å². The lowest BCUT2D eigenvalue weighted by atomic mass is 10.1. The Balaban J connectivity index is 0.965. The normalized spacial score (nSPS) is 11.1. The van der Waals surface area contributed by atoms with Crippen molar-refractivity contribution in [3.63, 3.8) is 0 Å². The highest BCUT2D eigenvalue weighted by atomic mass is 16.5. The molecule has 0 amide bonds. The number of rotatable bonds is 17. The number of benzene rings is 13. The molecule has 0 bridgehead atoms. The van der Waals surface area contributed by atoms with Gasteiger partial charge in [0.2, 0.25) is 0 Å². The van der Waals surface area contributed by atoms with E-state index >= 15 is 0 Å². The molecule has 0 saturated carbocycles. The molecule has 14 rings (SSSR count). The van der Waals surface area contributed by atoms with E-state index in [0.717, 1.165) is 107 Å². The van der Waals surface area contributed by atoms with Crippen LogP contribution in [0.1, 0.15) is 0 Å². The lowest BCUT2D eigenvalue weighted by molar-refractivity contribution is 0.483. The molecule has 0 radical (unpaired) electrons. The van der Waals surface area contributed by atoms with Crippen LogP contribution in [0.2, 0.25) is 0 Å². The average Bonchev–Trinajstić information content (AvgIpc) is 2.45. The van der Waals surface area contributed by atoms with Gasteiger partial charge in [0.15, 0.2) is 0 Å². The van der Waals surface area contributed by atoms with E-state index in [1.165, 1.54) is 0 Å². The molecular formula is C78H57N5O2. The van der Waals surface area contributed by atoms with E-state index in [9.17, 15) is 0 Å². The summed E-state index contributed by atoms with van der Waals surface area (Å²) >= 11 is 0. The maximum atomic E-state index is 7.41. The highest BCUT2D eigenvalue weighted by Crippen LogP contribution is 2.49. The van der Waals surface area contributed by atoms with Crippen molar-refractivity contribution < 1.29 is 9.47 Å². The fourth-order valence-corrected chi connectivity index (χ4v) is 11.5. The predicted molar refractivity (Wildman–Crippen MR) is 353 cm³/mol. The molecule has 7 nitrogen and oxygen atoms in total. The largest absolute Gasteiger partial charge is 0.457 e. The van der Waals surface area contributed by atoms with Gasteiger partial charge in [-0.1, -0.05) is 176 Å². The Kier molecular flexibility index (Phi) is 14.3. The van der Waals surface area contributed by atoms with E-state index < -0.39 is 0 Å². The number of ether oxygens (including phenoxy) is 2. The molecule has 406 valence electrons. The third kappa shape index (κ3) is 10.7. The zero-order chi connectivity index (χ0) is 56.7. The summed E-state index contributed by atoms with van der Waals surface area (Å²) in [5.74, 6) is 2.84. The minimum absolute atomic E-state index is 0.667. The van der Waals surface area contributed by atoms with Crippen LogP contribution in [0.15, 0.2) is 346 Å². The van der Waals surface area contributed by atoms with Gasteiger partial charge in [-0.15, -0.1) is 0 Å². The first kappa shape index (κ1) is 51.6. The smallest absolute Gasteiger partial charge is 0.137 e. The summed E-state index contributed by atoms with van der Waals surface area (Å²) in [5.41, 5.74) is 14.7. The van der Waals surface area contributed by atoms with Crippen molar-refractivity contribution in [1.29, 1.82) is 0 Å². The Hall–Kier alpha value is -11.5. The van der Waals surface area contributed by atoms with Crippen LogP contribution in [0, 0.1) is 0 Å². The number of hydrogen-bond acceptors (Lipinski definition) is 6. The Morgan fingerprint density at radius 3 is 0.941 bits per heavy atom. The number of para-hydroxylation sites is 9. The molecule has 0 aliphatic heterocycles. The van der Waals surface area contributed by atoms with Crippen LogP contribution in [-0.4, -0.2) is 4.57 Å². The molecule has 0 aliphatic carbocycles. The monoisotopic (exact) mass is 1100 g/mol. The van der Waals surface area contributed by atoms with Crippen LogP contribution in [0.25, 0.3) is 27.5 Å². The maximum Gasteiger partial charge on any atom is 0.137 e. The molecule has 13 aromatic carbocycles. The second-order valence-corrected chi connectivity index (χ2v) is 20.6. The quantitative estimate of drug-likeness (QED) is 0.0904. The van der Waals surface area contributed by atoms with Crippen LogP contribution in [0.3, 0.4) is 0 Å². The molecule has 0 aliphatic rings. The summed E-state index contributed by atoms with van der Waals surface area (Å²) in [4.78, 5) is 9.21. The molecule has 0 saturated heterocycles. The molecule has 0 spiro atoms. The highest BCUT2D eigenvalue weighted by molar-refractivity contribution is 6.12. The summed E-state index contributed by atoms with van der Waals surface area (Å²) in [6.07, 6.45) is 0. The molecule has 1 heterocycles. The van der Waals surface area contributed by atoms with Gasteiger partial charge in [0.05, 0.1) is 39.2 Å². The SMILES string of the molecule is c1ccc(Oc2cc(N(c3ccccc3)c3ccccc3)cc(N(c3ccccc3)c3cccc(N(c4ccccc4)c4cc(Oc5cccc6c5c5ccccc5n6-c5ccccc5)cc(N(c5ccccc5)c5ccccc5)c4)c3)c2)cc1. The molecule has 0 unspecified atom stereocenters. The average molecular weight is 1100 g/mol. The molecule has 0 N–H and O–H groups in total. The minimum atomic E-state index is 0.667. The highest BCUT2D eigenvalue weighted by Gasteiger charge is 2.25. The summed E-state index contributed by atoms with van der Waals surface area (Å²) < 4.78 is 16.6. The number of fused-ring (bicyclic) bond motifs is 3. The number of aromatic nitrogens is 1. The first-order chi connectivity index (χ1) is 42.2. The number of hydrogen-bond donors (Lipinski definition) is 0. The fourth-order valence-electron chi connectivity index (χ4n) is 11.5. The molecular weight excluding hydrogens is 1040 g/mol. The molecule has 0 fully saturated rings. The van der Waals surface area contributed by atoms with Crippen LogP contribution in [0.5, 0.6) is 23.0 Å². The van der Waals surface area contributed by atoms with Gasteiger partial charge in [-0.2, -0.15) is 0 Å². The summed E-state index contributed by atoms with van der Waals surface area (Å²) in [5, 5.41) is 2.13. The van der Waals surface area contributed by atoms with Gasteiger partial charge in [0, 0.05) is 80.8 Å². The lowest BCUT2D eigenvalue weighted by Gasteiger charge is -2.32. The molecule has 7 heteroatoms. The first-order valence-corrected chi connectivity index (χ1v) is 28.6. The molecule has 85 heavy (non-hydrogen) atoms. The van der Waals surface area contributed by atoms with Crippen LogP contribution in [0.4, 0.5) is 68.2 Å².